The van der Waals surface area contributed by atoms with Crippen molar-refractivity contribution in [1.82, 2.24) is 0 Å². The van der Waals surface area contributed by atoms with E-state index in [1.165, 1.54) is 19.1 Å². The Morgan fingerprint density at radius 2 is 1.62 bits per heavy atom. The third-order valence-electron chi connectivity index (χ3n) is 3.67. The van der Waals surface area contributed by atoms with E-state index in [9.17, 15) is 32.8 Å². The largest absolute Gasteiger partial charge is 1.00 e. The molecule has 0 bridgehead atoms. The van der Waals surface area contributed by atoms with Crippen molar-refractivity contribution in [2.24, 2.45) is 11.8 Å². The van der Waals surface area contributed by atoms with Gasteiger partial charge < -0.3 is 19.6 Å². The molecule has 0 aromatic heterocycles. The summed E-state index contributed by atoms with van der Waals surface area (Å²) in [6.07, 6.45) is 0.331. The predicted molar refractivity (Wildman–Crippen MR) is 72.7 cm³/mol. The van der Waals surface area contributed by atoms with Gasteiger partial charge in [0.1, 0.15) is 10.1 Å². The Balaban J connectivity index is 0. The summed E-state index contributed by atoms with van der Waals surface area (Å²) >= 11 is 0. The second-order valence-electron chi connectivity index (χ2n) is 5.01. The van der Waals surface area contributed by atoms with Gasteiger partial charge in [-0.3, -0.25) is 4.79 Å². The molecule has 0 aliphatic heterocycles. The third-order valence-corrected chi connectivity index (χ3v) is 4.52. The van der Waals surface area contributed by atoms with Gasteiger partial charge in [0.15, 0.2) is 0 Å². The maximum atomic E-state index is 11.4. The van der Waals surface area contributed by atoms with Crippen LogP contribution in [-0.2, 0) is 19.7 Å². The number of benzene rings is 1. The zero-order chi connectivity index (χ0) is 17.1. The number of carbonyl (C=O) groups is 2. The Kier molecular flexibility index (Phi) is 12.0. The number of hydrogen-bond donors (Lipinski definition) is 1. The standard InChI is InChI=1S/C14H18O7S.2Na/c1-3-11(12(14(17)18)8(2)13(15)16)9-4-6-10(7-5-9)22(19,20)21;;/h4-8,11-12H,3H2,1-2H3,(H,15,16)(H,17,18)(H,19,20,21);;/q;2*+1/p-2. The van der Waals surface area contributed by atoms with Crippen molar-refractivity contribution in [2.45, 2.75) is 31.1 Å². The van der Waals surface area contributed by atoms with Crippen molar-refractivity contribution in [3.05, 3.63) is 29.8 Å². The Hall–Kier alpha value is 0.0700. The van der Waals surface area contributed by atoms with Crippen LogP contribution >= 0.6 is 0 Å². The smallest absolute Gasteiger partial charge is 0.744 e. The Labute approximate surface area is 185 Å². The molecule has 0 radical (unpaired) electrons. The fourth-order valence-electron chi connectivity index (χ4n) is 2.46. The van der Waals surface area contributed by atoms with Crippen molar-refractivity contribution in [3.8, 4) is 0 Å². The number of hydrogen-bond acceptors (Lipinski definition) is 6. The van der Waals surface area contributed by atoms with E-state index in [-0.39, 0.29) is 59.1 Å². The molecule has 1 rings (SSSR count). The second kappa shape index (κ2) is 10.9. The van der Waals surface area contributed by atoms with Gasteiger partial charge in [0.05, 0.1) is 10.8 Å². The number of carboxylic acids is 2. The predicted octanol–water partition coefficient (Wildman–Crippen LogP) is -5.82. The maximum Gasteiger partial charge on any atom is 1.00 e. The molecule has 0 saturated heterocycles. The SMILES string of the molecule is CCC(c1ccc(S(=O)(=O)[O-])cc1)C(C(=O)O)C(C)C(=O)[O-].[Na+].[Na+]. The fourth-order valence-corrected chi connectivity index (χ4v) is 2.93. The number of carbonyl (C=O) groups excluding carboxylic acids is 1. The molecule has 0 aliphatic rings. The third kappa shape index (κ3) is 6.76. The van der Waals surface area contributed by atoms with Crippen LogP contribution in [0.3, 0.4) is 0 Å². The molecule has 0 aliphatic carbocycles. The first-order valence-electron chi connectivity index (χ1n) is 6.59. The average molecular weight is 374 g/mol. The van der Waals surface area contributed by atoms with E-state index in [2.05, 4.69) is 0 Å². The molecule has 1 aromatic rings. The number of rotatable bonds is 7. The summed E-state index contributed by atoms with van der Waals surface area (Å²) in [6, 6.07) is 4.83. The van der Waals surface area contributed by atoms with Crippen molar-refractivity contribution in [2.75, 3.05) is 0 Å². The summed E-state index contributed by atoms with van der Waals surface area (Å²) in [7, 11) is -4.59. The molecule has 122 valence electrons. The Morgan fingerprint density at radius 1 is 1.17 bits per heavy atom. The van der Waals surface area contributed by atoms with E-state index < -0.39 is 44.7 Å². The van der Waals surface area contributed by atoms with Crippen LogP contribution in [0.2, 0.25) is 0 Å². The Morgan fingerprint density at radius 3 is 1.92 bits per heavy atom. The molecule has 10 heteroatoms. The van der Waals surface area contributed by atoms with Crippen LogP contribution in [0, 0.1) is 11.8 Å². The summed E-state index contributed by atoms with van der Waals surface area (Å²) in [5.41, 5.74) is 0.454. The van der Waals surface area contributed by atoms with Gasteiger partial charge in [0.25, 0.3) is 0 Å². The minimum atomic E-state index is -4.59. The molecule has 1 aromatic carbocycles. The number of carboxylic acid groups (broad SMARTS) is 2. The van der Waals surface area contributed by atoms with Gasteiger partial charge in [-0.15, -0.1) is 0 Å². The summed E-state index contributed by atoms with van der Waals surface area (Å²) in [5, 5.41) is 20.3. The van der Waals surface area contributed by atoms with E-state index in [1.807, 2.05) is 0 Å². The van der Waals surface area contributed by atoms with Crippen molar-refractivity contribution < 1.29 is 91.9 Å². The molecule has 0 amide bonds. The van der Waals surface area contributed by atoms with E-state index in [1.54, 1.807) is 6.92 Å². The summed E-state index contributed by atoms with van der Waals surface area (Å²) in [4.78, 5) is 22.0. The molecule has 0 saturated carbocycles. The normalized spacial score (nSPS) is 14.5. The van der Waals surface area contributed by atoms with Crippen molar-refractivity contribution in [3.63, 3.8) is 0 Å². The topological polar surface area (TPSA) is 135 Å². The quantitative estimate of drug-likeness (QED) is 0.371. The molecule has 3 atom stereocenters. The first-order chi connectivity index (χ1) is 10.1. The molecular formula is C14H16Na2O7S. The minimum absolute atomic E-state index is 0. The van der Waals surface area contributed by atoms with Crippen LogP contribution in [0.5, 0.6) is 0 Å². The molecule has 3 unspecified atom stereocenters. The zero-order valence-corrected chi connectivity index (χ0v) is 18.9. The molecule has 0 spiro atoms. The molecule has 1 N–H and O–H groups in total. The van der Waals surface area contributed by atoms with E-state index >= 15 is 0 Å². The fraction of sp³-hybridized carbons (Fsp3) is 0.429. The van der Waals surface area contributed by atoms with Crippen LogP contribution in [0.4, 0.5) is 0 Å². The molecule has 0 fully saturated rings. The van der Waals surface area contributed by atoms with Gasteiger partial charge in [-0.25, -0.2) is 8.42 Å². The summed E-state index contributed by atoms with van der Waals surface area (Å²) in [6.45, 7) is 2.95. The van der Waals surface area contributed by atoms with E-state index in [0.29, 0.717) is 12.0 Å². The number of aliphatic carboxylic acids is 2. The van der Waals surface area contributed by atoms with Gasteiger partial charge in [0, 0.05) is 11.9 Å². The van der Waals surface area contributed by atoms with Gasteiger partial charge in [-0.1, -0.05) is 26.0 Å². The van der Waals surface area contributed by atoms with Crippen LogP contribution in [0.1, 0.15) is 31.7 Å². The maximum absolute atomic E-state index is 11.4. The monoisotopic (exact) mass is 374 g/mol. The average Bonchev–Trinajstić information content (AvgIpc) is 2.42. The van der Waals surface area contributed by atoms with Crippen molar-refractivity contribution >= 4 is 22.1 Å². The van der Waals surface area contributed by atoms with Crippen molar-refractivity contribution in [1.29, 1.82) is 0 Å². The van der Waals surface area contributed by atoms with Crippen LogP contribution < -0.4 is 64.2 Å². The van der Waals surface area contributed by atoms with Gasteiger partial charge in [0.2, 0.25) is 0 Å². The van der Waals surface area contributed by atoms with Gasteiger partial charge in [-0.2, -0.15) is 0 Å². The van der Waals surface area contributed by atoms with Crippen LogP contribution in [-0.4, -0.2) is 30.0 Å². The van der Waals surface area contributed by atoms with Crippen LogP contribution in [0.25, 0.3) is 0 Å². The first-order valence-corrected chi connectivity index (χ1v) is 8.00. The molecular weight excluding hydrogens is 358 g/mol. The first kappa shape index (κ1) is 26.3. The van der Waals surface area contributed by atoms with Gasteiger partial charge >= 0.3 is 65.1 Å². The van der Waals surface area contributed by atoms with E-state index in [4.69, 9.17) is 0 Å². The zero-order valence-electron chi connectivity index (χ0n) is 14.1. The van der Waals surface area contributed by atoms with E-state index in [0.717, 1.165) is 12.1 Å². The summed E-state index contributed by atoms with van der Waals surface area (Å²) in [5.74, 6) is -5.82. The second-order valence-corrected chi connectivity index (χ2v) is 6.39. The molecule has 7 nitrogen and oxygen atoms in total. The van der Waals surface area contributed by atoms with Gasteiger partial charge in [-0.05, 0) is 30.0 Å². The van der Waals surface area contributed by atoms with Crippen LogP contribution in [0.15, 0.2) is 29.2 Å². The summed E-state index contributed by atoms with van der Waals surface area (Å²) < 4.78 is 32.7. The molecule has 0 heterocycles. The molecule has 24 heavy (non-hydrogen) atoms. The Bertz CT molecular complexity index is 658. The minimum Gasteiger partial charge on any atom is -0.744 e.